The molecule has 0 bridgehead atoms. The molecule has 0 saturated carbocycles. The second kappa shape index (κ2) is 8.54. The van der Waals surface area contributed by atoms with Gasteiger partial charge in [-0.15, -0.1) is 0 Å². The number of likely N-dealkylation sites (N-methyl/N-ethyl adjacent to an activating group) is 1. The maximum Gasteiger partial charge on any atom is 0.351 e. The molecule has 136 valence electrons. The summed E-state index contributed by atoms with van der Waals surface area (Å²) >= 11 is 0. The van der Waals surface area contributed by atoms with Crippen molar-refractivity contribution in [2.75, 3.05) is 46.8 Å². The fraction of sp³-hybridized carbons (Fsp3) is 0.733. The molecule has 0 aliphatic carbocycles. The molecule has 4 atom stereocenters. The van der Waals surface area contributed by atoms with Crippen molar-refractivity contribution in [1.29, 1.82) is 0 Å². The third kappa shape index (κ3) is 3.93. The number of aromatic nitrogens is 2. The number of nitrogens with zero attached hydrogens (tertiary/aromatic N) is 2. The summed E-state index contributed by atoms with van der Waals surface area (Å²) in [4.78, 5) is 16.1. The highest BCUT2D eigenvalue weighted by atomic mass is 16.6. The van der Waals surface area contributed by atoms with Gasteiger partial charge in [0.1, 0.15) is 18.0 Å². The SMILES string of the molecule is CN[C@H]1[C@@H](OCCOC)[C@H](n2cc(C)c(N)nc2=O)O[C@@H]1COC. The van der Waals surface area contributed by atoms with Crippen LogP contribution >= 0.6 is 0 Å². The monoisotopic (exact) mass is 342 g/mol. The summed E-state index contributed by atoms with van der Waals surface area (Å²) in [5.74, 6) is 0.213. The smallest absolute Gasteiger partial charge is 0.351 e. The van der Waals surface area contributed by atoms with Crippen LogP contribution in [0.2, 0.25) is 0 Å². The van der Waals surface area contributed by atoms with Crippen molar-refractivity contribution in [3.05, 3.63) is 22.2 Å². The van der Waals surface area contributed by atoms with E-state index in [1.165, 1.54) is 4.57 Å². The molecule has 2 rings (SSSR count). The van der Waals surface area contributed by atoms with Crippen molar-refractivity contribution in [2.45, 2.75) is 31.4 Å². The van der Waals surface area contributed by atoms with Gasteiger partial charge in [-0.1, -0.05) is 0 Å². The number of nitrogens with one attached hydrogen (secondary N) is 1. The molecular formula is C15H26N4O5. The van der Waals surface area contributed by atoms with Crippen molar-refractivity contribution in [1.82, 2.24) is 14.9 Å². The van der Waals surface area contributed by atoms with E-state index in [4.69, 9.17) is 24.7 Å². The van der Waals surface area contributed by atoms with Gasteiger partial charge in [-0.2, -0.15) is 4.98 Å². The maximum absolute atomic E-state index is 12.3. The minimum atomic E-state index is -0.626. The Balaban J connectivity index is 2.33. The van der Waals surface area contributed by atoms with Crippen LogP contribution in [-0.4, -0.2) is 68.9 Å². The van der Waals surface area contributed by atoms with E-state index in [2.05, 4.69) is 10.3 Å². The topological polar surface area (TPSA) is 110 Å². The Morgan fingerprint density at radius 2 is 2.12 bits per heavy atom. The zero-order chi connectivity index (χ0) is 17.7. The van der Waals surface area contributed by atoms with E-state index in [0.717, 1.165) is 0 Å². The summed E-state index contributed by atoms with van der Waals surface area (Å²) in [5, 5.41) is 3.19. The minimum absolute atomic E-state index is 0.142. The van der Waals surface area contributed by atoms with Crippen molar-refractivity contribution in [2.24, 2.45) is 0 Å². The van der Waals surface area contributed by atoms with Crippen LogP contribution in [0.4, 0.5) is 5.82 Å². The third-order valence-corrected chi connectivity index (χ3v) is 4.06. The highest BCUT2D eigenvalue weighted by Gasteiger charge is 2.46. The van der Waals surface area contributed by atoms with Crippen LogP contribution in [0.3, 0.4) is 0 Å². The molecule has 0 aromatic carbocycles. The summed E-state index contributed by atoms with van der Waals surface area (Å²) in [5.41, 5.74) is 5.93. The second-order valence-electron chi connectivity index (χ2n) is 5.66. The highest BCUT2D eigenvalue weighted by molar-refractivity contribution is 5.35. The standard InChI is InChI=1S/C15H26N4O5/c1-9-7-19(15(20)18-13(9)16)14-12(23-6-5-21-3)11(17-2)10(24-14)8-22-4/h7,10-12,14,17H,5-6,8H2,1-4H3,(H2,16,18,20)/t10-,11-,12-,14-/m1/s1. The predicted molar refractivity (Wildman–Crippen MR) is 87.9 cm³/mol. The number of aryl methyl sites for hydroxylation is 1. The van der Waals surface area contributed by atoms with Crippen molar-refractivity contribution < 1.29 is 18.9 Å². The summed E-state index contributed by atoms with van der Waals surface area (Å²) < 4.78 is 23.6. The molecule has 3 N–H and O–H groups in total. The third-order valence-electron chi connectivity index (χ3n) is 4.06. The molecule has 0 radical (unpaired) electrons. The maximum atomic E-state index is 12.3. The molecule has 1 fully saturated rings. The van der Waals surface area contributed by atoms with Gasteiger partial charge >= 0.3 is 5.69 Å². The van der Waals surface area contributed by atoms with E-state index < -0.39 is 18.0 Å². The molecule has 1 aromatic heterocycles. The molecule has 9 heteroatoms. The first-order chi connectivity index (χ1) is 11.5. The van der Waals surface area contributed by atoms with Gasteiger partial charge in [-0.3, -0.25) is 4.57 Å². The lowest BCUT2D eigenvalue weighted by molar-refractivity contribution is -0.0814. The van der Waals surface area contributed by atoms with Gasteiger partial charge in [0.2, 0.25) is 0 Å². The summed E-state index contributed by atoms with van der Waals surface area (Å²) in [6.45, 7) is 3.00. The average Bonchev–Trinajstić information content (AvgIpc) is 2.89. The van der Waals surface area contributed by atoms with E-state index in [-0.39, 0.29) is 18.0 Å². The van der Waals surface area contributed by atoms with E-state index in [1.54, 1.807) is 27.3 Å². The Kier molecular flexibility index (Phi) is 6.69. The number of nitrogen functional groups attached to an aromatic ring is 1. The molecule has 1 saturated heterocycles. The molecule has 1 aliphatic heterocycles. The molecule has 0 spiro atoms. The minimum Gasteiger partial charge on any atom is -0.383 e. The van der Waals surface area contributed by atoms with Crippen LogP contribution in [-0.2, 0) is 18.9 Å². The quantitative estimate of drug-likeness (QED) is 0.597. The average molecular weight is 342 g/mol. The van der Waals surface area contributed by atoms with Gasteiger partial charge in [0, 0.05) is 26.0 Å². The van der Waals surface area contributed by atoms with Crippen LogP contribution in [0.15, 0.2) is 11.0 Å². The lowest BCUT2D eigenvalue weighted by Gasteiger charge is -2.25. The molecule has 24 heavy (non-hydrogen) atoms. The number of rotatable bonds is 8. The van der Waals surface area contributed by atoms with Crippen molar-refractivity contribution in [3.8, 4) is 0 Å². The normalized spacial score (nSPS) is 26.8. The van der Waals surface area contributed by atoms with Crippen LogP contribution in [0.5, 0.6) is 0 Å². The van der Waals surface area contributed by atoms with Crippen LogP contribution in [0.1, 0.15) is 11.8 Å². The first-order valence-corrected chi connectivity index (χ1v) is 7.81. The van der Waals surface area contributed by atoms with Crippen molar-refractivity contribution >= 4 is 5.82 Å². The summed E-state index contributed by atoms with van der Waals surface area (Å²) in [7, 11) is 5.03. The van der Waals surface area contributed by atoms with E-state index in [9.17, 15) is 4.79 Å². The van der Waals surface area contributed by atoms with Crippen LogP contribution < -0.4 is 16.7 Å². The lowest BCUT2D eigenvalue weighted by atomic mass is 10.1. The number of anilines is 1. The Morgan fingerprint density at radius 1 is 1.38 bits per heavy atom. The predicted octanol–water partition coefficient (Wildman–Crippen LogP) is -0.703. The Labute approximate surface area is 141 Å². The Bertz CT molecular complexity index is 594. The van der Waals surface area contributed by atoms with Crippen molar-refractivity contribution in [3.63, 3.8) is 0 Å². The van der Waals surface area contributed by atoms with Crippen LogP contribution in [0.25, 0.3) is 0 Å². The molecular weight excluding hydrogens is 316 g/mol. The number of nitrogens with two attached hydrogens (primary N) is 1. The number of methoxy groups -OCH3 is 2. The first kappa shape index (κ1) is 18.8. The van der Waals surface area contributed by atoms with Gasteiger partial charge in [0.25, 0.3) is 0 Å². The molecule has 0 amide bonds. The lowest BCUT2D eigenvalue weighted by Crippen LogP contribution is -2.46. The Hall–Kier alpha value is -1.52. The van der Waals surface area contributed by atoms with E-state index in [1.807, 2.05) is 7.05 Å². The molecule has 0 unspecified atom stereocenters. The van der Waals surface area contributed by atoms with Gasteiger partial charge in [0.15, 0.2) is 6.23 Å². The summed E-state index contributed by atoms with van der Waals surface area (Å²) in [6.07, 6.45) is 0.359. The fourth-order valence-electron chi connectivity index (χ4n) is 2.83. The van der Waals surface area contributed by atoms with Gasteiger partial charge < -0.3 is 30.0 Å². The zero-order valence-electron chi connectivity index (χ0n) is 14.5. The van der Waals surface area contributed by atoms with E-state index in [0.29, 0.717) is 25.4 Å². The fourth-order valence-corrected chi connectivity index (χ4v) is 2.83. The number of hydrogen-bond acceptors (Lipinski definition) is 8. The first-order valence-electron chi connectivity index (χ1n) is 7.81. The molecule has 9 nitrogen and oxygen atoms in total. The number of hydrogen-bond donors (Lipinski definition) is 2. The molecule has 1 aromatic rings. The molecule has 1 aliphatic rings. The number of ether oxygens (including phenoxy) is 4. The van der Waals surface area contributed by atoms with Crippen LogP contribution in [0, 0.1) is 6.92 Å². The largest absolute Gasteiger partial charge is 0.383 e. The Morgan fingerprint density at radius 3 is 2.75 bits per heavy atom. The summed E-state index contributed by atoms with van der Waals surface area (Å²) in [6, 6.07) is -0.142. The zero-order valence-corrected chi connectivity index (χ0v) is 14.5. The second-order valence-corrected chi connectivity index (χ2v) is 5.66. The molecule has 2 heterocycles. The van der Waals surface area contributed by atoms with Gasteiger partial charge in [-0.05, 0) is 14.0 Å². The van der Waals surface area contributed by atoms with E-state index >= 15 is 0 Å². The van der Waals surface area contributed by atoms with Gasteiger partial charge in [0.05, 0.1) is 25.9 Å². The highest BCUT2D eigenvalue weighted by Crippen LogP contribution is 2.31. The van der Waals surface area contributed by atoms with Gasteiger partial charge in [-0.25, -0.2) is 4.79 Å².